The highest BCUT2D eigenvalue weighted by atomic mass is 32.2. The van der Waals surface area contributed by atoms with E-state index in [1.54, 1.807) is 0 Å². The first-order valence-electron chi connectivity index (χ1n) is 7.94. The third-order valence-electron chi connectivity index (χ3n) is 4.45. The Hall–Kier alpha value is -1.67. The van der Waals surface area contributed by atoms with Crippen LogP contribution in [0.3, 0.4) is 0 Å². The van der Waals surface area contributed by atoms with Gasteiger partial charge in [0, 0.05) is 12.6 Å². The predicted molar refractivity (Wildman–Crippen MR) is 85.4 cm³/mol. The fourth-order valence-corrected chi connectivity index (χ4v) is 3.93. The van der Waals surface area contributed by atoms with Crippen LogP contribution in [-0.2, 0) is 10.0 Å². The molecule has 0 aromatic heterocycles. The van der Waals surface area contributed by atoms with Crippen molar-refractivity contribution in [3.63, 3.8) is 0 Å². The molecule has 2 fully saturated rings. The molecule has 1 N–H and O–H groups in total. The number of nitrogens with zero attached hydrogens (tertiary/aromatic N) is 1. The molecule has 0 bridgehead atoms. The zero-order valence-electron chi connectivity index (χ0n) is 13.4. The molecular weight excluding hydrogens is 337 g/mol. The van der Waals surface area contributed by atoms with Crippen LogP contribution in [0.25, 0.3) is 0 Å². The van der Waals surface area contributed by atoms with E-state index in [1.807, 2.05) is 0 Å². The van der Waals surface area contributed by atoms with E-state index in [4.69, 9.17) is 9.84 Å². The molecular formula is C16H20FNO5S. The number of aromatic carboxylic acids is 1. The second kappa shape index (κ2) is 6.33. The number of hydrogen-bond donors (Lipinski definition) is 1. The lowest BCUT2D eigenvalue weighted by Crippen LogP contribution is -2.43. The average molecular weight is 357 g/mol. The summed E-state index contributed by atoms with van der Waals surface area (Å²) < 4.78 is 44.6. The molecule has 3 rings (SSSR count). The Balaban J connectivity index is 1.84. The van der Waals surface area contributed by atoms with Crippen LogP contribution in [0, 0.1) is 5.82 Å². The molecule has 0 unspecified atom stereocenters. The zero-order chi connectivity index (χ0) is 17.5. The second-order valence-corrected chi connectivity index (χ2v) is 8.43. The Morgan fingerprint density at radius 1 is 1.33 bits per heavy atom. The van der Waals surface area contributed by atoms with E-state index >= 15 is 0 Å². The molecule has 0 radical (unpaired) electrons. The van der Waals surface area contributed by atoms with Crippen molar-refractivity contribution in [2.75, 3.05) is 19.3 Å². The summed E-state index contributed by atoms with van der Waals surface area (Å²) >= 11 is 0. The first kappa shape index (κ1) is 17.2. The van der Waals surface area contributed by atoms with Gasteiger partial charge in [-0.05, 0) is 43.2 Å². The monoisotopic (exact) mass is 357 g/mol. The Bertz CT molecular complexity index is 760. The number of ether oxygens (including phenoxy) is 1. The van der Waals surface area contributed by atoms with Crippen molar-refractivity contribution < 1.29 is 27.4 Å². The van der Waals surface area contributed by atoms with Crippen molar-refractivity contribution in [1.82, 2.24) is 4.31 Å². The molecule has 8 heteroatoms. The normalized spacial score (nSPS) is 22.3. The van der Waals surface area contributed by atoms with Crippen molar-refractivity contribution in [3.05, 3.63) is 29.1 Å². The van der Waals surface area contributed by atoms with E-state index in [-0.39, 0.29) is 24.1 Å². The lowest BCUT2D eigenvalue weighted by molar-refractivity contribution is 0.0691. The Labute approximate surface area is 140 Å². The average Bonchev–Trinajstić information content (AvgIpc) is 3.31. The maximum Gasteiger partial charge on any atom is 0.338 e. The highest BCUT2D eigenvalue weighted by molar-refractivity contribution is 7.88. The molecule has 0 amide bonds. The van der Waals surface area contributed by atoms with Crippen LogP contribution in [0.2, 0.25) is 0 Å². The number of carboxylic acid groups (broad SMARTS) is 1. The van der Waals surface area contributed by atoms with Crippen molar-refractivity contribution in [2.24, 2.45) is 0 Å². The van der Waals surface area contributed by atoms with Gasteiger partial charge in [0.25, 0.3) is 0 Å². The summed E-state index contributed by atoms with van der Waals surface area (Å²) in [6.45, 7) is 0.686. The number of sulfonamides is 1. The molecule has 24 heavy (non-hydrogen) atoms. The Kier molecular flexibility index (Phi) is 4.52. The van der Waals surface area contributed by atoms with Crippen LogP contribution in [0.5, 0.6) is 5.75 Å². The molecule has 1 aromatic carbocycles. The molecule has 1 aliphatic heterocycles. The van der Waals surface area contributed by atoms with Gasteiger partial charge >= 0.3 is 5.97 Å². The fourth-order valence-electron chi connectivity index (χ4n) is 3.03. The first-order valence-corrected chi connectivity index (χ1v) is 9.79. The van der Waals surface area contributed by atoms with E-state index < -0.39 is 21.8 Å². The molecule has 1 aromatic rings. The van der Waals surface area contributed by atoms with E-state index in [1.165, 1.54) is 10.4 Å². The lowest BCUT2D eigenvalue weighted by atomic mass is 10.0. The van der Waals surface area contributed by atoms with Crippen LogP contribution in [-0.4, -0.2) is 49.2 Å². The molecule has 1 atom stereocenters. The molecule has 0 spiro atoms. The zero-order valence-corrected chi connectivity index (χ0v) is 14.2. The maximum atomic E-state index is 14.0. The van der Waals surface area contributed by atoms with Gasteiger partial charge in [0.15, 0.2) is 0 Å². The predicted octanol–water partition coefficient (Wildman–Crippen LogP) is 2.20. The second-order valence-electron chi connectivity index (χ2n) is 6.45. The van der Waals surface area contributed by atoms with E-state index in [2.05, 4.69) is 0 Å². The van der Waals surface area contributed by atoms with Crippen molar-refractivity contribution in [3.8, 4) is 5.75 Å². The molecule has 1 aliphatic carbocycles. The standard InChI is InChI=1S/C16H20FNO5S/c1-24(21,22)18-6-2-3-11(9-18)23-15-8-14(17)13(16(19)20)7-12(15)10-4-5-10/h7-8,10-11H,2-6,9H2,1H3,(H,19,20)/t11-/m1/s1. The lowest BCUT2D eigenvalue weighted by Gasteiger charge is -2.31. The third kappa shape index (κ3) is 3.70. The quantitative estimate of drug-likeness (QED) is 0.873. The van der Waals surface area contributed by atoms with Gasteiger partial charge in [-0.1, -0.05) is 0 Å². The molecule has 132 valence electrons. The summed E-state index contributed by atoms with van der Waals surface area (Å²) in [5, 5.41) is 9.07. The summed E-state index contributed by atoms with van der Waals surface area (Å²) in [5.41, 5.74) is 0.343. The van der Waals surface area contributed by atoms with E-state index in [9.17, 15) is 17.6 Å². The van der Waals surface area contributed by atoms with Gasteiger partial charge in [-0.2, -0.15) is 4.31 Å². The number of piperidine rings is 1. The number of rotatable bonds is 5. The molecule has 1 heterocycles. The maximum absolute atomic E-state index is 14.0. The van der Waals surface area contributed by atoms with Gasteiger partial charge in [-0.25, -0.2) is 17.6 Å². The summed E-state index contributed by atoms with van der Waals surface area (Å²) in [6.07, 6.45) is 3.99. The van der Waals surface area contributed by atoms with Crippen LogP contribution >= 0.6 is 0 Å². The van der Waals surface area contributed by atoms with Gasteiger partial charge in [-0.3, -0.25) is 0 Å². The van der Waals surface area contributed by atoms with Gasteiger partial charge < -0.3 is 9.84 Å². The third-order valence-corrected chi connectivity index (χ3v) is 5.72. The van der Waals surface area contributed by atoms with Crippen LogP contribution in [0.4, 0.5) is 4.39 Å². The van der Waals surface area contributed by atoms with Crippen LogP contribution in [0.1, 0.15) is 47.5 Å². The van der Waals surface area contributed by atoms with Crippen LogP contribution in [0.15, 0.2) is 12.1 Å². The van der Waals surface area contributed by atoms with Gasteiger partial charge in [-0.15, -0.1) is 0 Å². The molecule has 1 saturated heterocycles. The minimum absolute atomic E-state index is 0.188. The summed E-state index contributed by atoms with van der Waals surface area (Å²) in [6, 6.07) is 2.47. The van der Waals surface area contributed by atoms with Gasteiger partial charge in [0.05, 0.1) is 18.4 Å². The number of hydrogen-bond acceptors (Lipinski definition) is 4. The fraction of sp³-hybridized carbons (Fsp3) is 0.562. The van der Waals surface area contributed by atoms with Crippen molar-refractivity contribution >= 4 is 16.0 Å². The summed E-state index contributed by atoms with van der Waals surface area (Å²) in [4.78, 5) is 11.1. The molecule has 2 aliphatic rings. The highest BCUT2D eigenvalue weighted by Crippen LogP contribution is 2.45. The number of carboxylic acids is 1. The topological polar surface area (TPSA) is 83.9 Å². The SMILES string of the molecule is CS(=O)(=O)N1CCC[C@@H](Oc2cc(F)c(C(=O)O)cc2C2CC2)C1. The largest absolute Gasteiger partial charge is 0.489 e. The van der Waals surface area contributed by atoms with Gasteiger partial charge in [0.2, 0.25) is 10.0 Å². The number of carbonyl (C=O) groups is 1. The summed E-state index contributed by atoms with van der Waals surface area (Å²) in [5.74, 6) is -1.62. The minimum Gasteiger partial charge on any atom is -0.489 e. The Morgan fingerprint density at radius 2 is 2.04 bits per heavy atom. The Morgan fingerprint density at radius 3 is 2.62 bits per heavy atom. The number of halogens is 1. The summed E-state index contributed by atoms with van der Waals surface area (Å²) in [7, 11) is -3.29. The van der Waals surface area contributed by atoms with Crippen molar-refractivity contribution in [2.45, 2.75) is 37.7 Å². The first-order chi connectivity index (χ1) is 11.3. The highest BCUT2D eigenvalue weighted by Gasteiger charge is 2.32. The van der Waals surface area contributed by atoms with Gasteiger partial charge in [0.1, 0.15) is 17.7 Å². The minimum atomic E-state index is -3.29. The van der Waals surface area contributed by atoms with E-state index in [0.717, 1.165) is 25.2 Å². The van der Waals surface area contributed by atoms with E-state index in [0.29, 0.717) is 30.7 Å². The smallest absolute Gasteiger partial charge is 0.338 e. The number of benzene rings is 1. The molecule has 1 saturated carbocycles. The van der Waals surface area contributed by atoms with Crippen LogP contribution < -0.4 is 4.74 Å². The molecule has 6 nitrogen and oxygen atoms in total. The van der Waals surface area contributed by atoms with Crippen molar-refractivity contribution in [1.29, 1.82) is 0 Å².